The van der Waals surface area contributed by atoms with Gasteiger partial charge < -0.3 is 15.0 Å². The molecular weight excluding hydrogens is 488 g/mol. The summed E-state index contributed by atoms with van der Waals surface area (Å²) in [6.07, 6.45) is 2.65. The van der Waals surface area contributed by atoms with E-state index in [9.17, 15) is 13.2 Å². The fraction of sp³-hybridized carbons (Fsp3) is 0.429. The Labute approximate surface area is 218 Å². The summed E-state index contributed by atoms with van der Waals surface area (Å²) in [6, 6.07) is 18.5. The molecule has 0 bridgehead atoms. The third-order valence-electron chi connectivity index (χ3n) is 7.35. The van der Waals surface area contributed by atoms with Crippen LogP contribution in [0.15, 0.2) is 65.6 Å². The van der Waals surface area contributed by atoms with Crippen LogP contribution in [0.1, 0.15) is 44.2 Å². The minimum absolute atomic E-state index is 0.0330. The van der Waals surface area contributed by atoms with Crippen LogP contribution in [0, 0.1) is 5.92 Å². The van der Waals surface area contributed by atoms with Gasteiger partial charge in [0.1, 0.15) is 0 Å². The number of aromatic nitrogens is 1. The maximum atomic E-state index is 13.5. The Kier molecular flexibility index (Phi) is 7.73. The molecule has 1 aromatic heterocycles. The SMILES string of the molecule is CCOc1ccc2cc(S(=O)(=O)N[C@H]3CC[C@H](C(=O)N4CCNC[C@@H]4c4ccccc4)CC3)ccc2n1. The molecule has 0 spiro atoms. The maximum Gasteiger partial charge on any atom is 0.240 e. The number of fused-ring (bicyclic) bond motifs is 1. The Morgan fingerprint density at radius 1 is 1.08 bits per heavy atom. The zero-order valence-electron chi connectivity index (χ0n) is 21.1. The number of pyridine rings is 1. The molecule has 8 nitrogen and oxygen atoms in total. The van der Waals surface area contributed by atoms with E-state index in [4.69, 9.17) is 4.74 Å². The molecule has 2 aliphatic rings. The molecule has 1 amide bonds. The Bertz CT molecular complexity index is 1340. The third-order valence-corrected chi connectivity index (χ3v) is 8.86. The average molecular weight is 523 g/mol. The zero-order valence-corrected chi connectivity index (χ0v) is 21.9. The Hall–Kier alpha value is -3.01. The maximum absolute atomic E-state index is 13.5. The first-order chi connectivity index (χ1) is 17.9. The highest BCUT2D eigenvalue weighted by molar-refractivity contribution is 7.89. The van der Waals surface area contributed by atoms with E-state index < -0.39 is 10.0 Å². The van der Waals surface area contributed by atoms with Crippen LogP contribution in [-0.4, -0.2) is 56.5 Å². The minimum Gasteiger partial charge on any atom is -0.478 e. The van der Waals surface area contributed by atoms with Gasteiger partial charge in [-0.05, 0) is 62.4 Å². The highest BCUT2D eigenvalue weighted by Gasteiger charge is 2.35. The molecular formula is C28H34N4O4S. The van der Waals surface area contributed by atoms with Gasteiger partial charge in [0.15, 0.2) is 0 Å². The molecule has 2 heterocycles. The van der Waals surface area contributed by atoms with Gasteiger partial charge in [-0.25, -0.2) is 18.1 Å². The first-order valence-corrected chi connectivity index (χ1v) is 14.5. The van der Waals surface area contributed by atoms with Crippen molar-refractivity contribution < 1.29 is 17.9 Å². The summed E-state index contributed by atoms with van der Waals surface area (Å²) in [4.78, 5) is 20.1. The van der Waals surface area contributed by atoms with Gasteiger partial charge in [-0.2, -0.15) is 0 Å². The summed E-state index contributed by atoms with van der Waals surface area (Å²) in [5.74, 6) is 0.632. The predicted octanol–water partition coefficient (Wildman–Crippen LogP) is 3.64. The lowest BCUT2D eigenvalue weighted by Crippen LogP contribution is -2.51. The molecule has 2 N–H and O–H groups in total. The Balaban J connectivity index is 1.21. The van der Waals surface area contributed by atoms with Crippen molar-refractivity contribution in [3.8, 4) is 5.88 Å². The van der Waals surface area contributed by atoms with E-state index in [0.717, 1.165) is 24.0 Å². The van der Waals surface area contributed by atoms with Crippen LogP contribution in [0.5, 0.6) is 5.88 Å². The van der Waals surface area contributed by atoms with Crippen molar-refractivity contribution >= 4 is 26.8 Å². The van der Waals surface area contributed by atoms with E-state index in [1.807, 2.05) is 36.1 Å². The van der Waals surface area contributed by atoms with E-state index in [2.05, 4.69) is 27.2 Å². The number of carbonyl (C=O) groups is 1. The number of hydrogen-bond acceptors (Lipinski definition) is 6. The fourth-order valence-electron chi connectivity index (χ4n) is 5.40. The van der Waals surface area contributed by atoms with Gasteiger partial charge in [-0.1, -0.05) is 30.3 Å². The highest BCUT2D eigenvalue weighted by atomic mass is 32.2. The molecule has 0 radical (unpaired) electrons. The molecule has 0 unspecified atom stereocenters. The quantitative estimate of drug-likeness (QED) is 0.491. The van der Waals surface area contributed by atoms with Crippen LogP contribution < -0.4 is 14.8 Å². The number of amides is 1. The molecule has 37 heavy (non-hydrogen) atoms. The molecule has 1 saturated carbocycles. The number of sulfonamides is 1. The first-order valence-electron chi connectivity index (χ1n) is 13.1. The number of hydrogen-bond donors (Lipinski definition) is 2. The molecule has 1 atom stereocenters. The van der Waals surface area contributed by atoms with Gasteiger partial charge in [-0.3, -0.25) is 4.79 Å². The van der Waals surface area contributed by atoms with Crippen LogP contribution in [0.3, 0.4) is 0 Å². The number of ether oxygens (including phenoxy) is 1. The number of carbonyl (C=O) groups excluding carboxylic acids is 1. The van der Waals surface area contributed by atoms with Crippen molar-refractivity contribution in [1.82, 2.24) is 19.9 Å². The normalized spacial score (nSPS) is 22.6. The van der Waals surface area contributed by atoms with Gasteiger partial charge in [0.05, 0.1) is 23.1 Å². The van der Waals surface area contributed by atoms with Crippen molar-refractivity contribution in [2.45, 2.75) is 49.6 Å². The lowest BCUT2D eigenvalue weighted by atomic mass is 9.85. The molecule has 2 aromatic carbocycles. The van der Waals surface area contributed by atoms with Crippen molar-refractivity contribution in [2.24, 2.45) is 5.92 Å². The first kappa shape index (κ1) is 25.6. The van der Waals surface area contributed by atoms with E-state index in [1.165, 1.54) is 0 Å². The van der Waals surface area contributed by atoms with Crippen molar-refractivity contribution in [3.63, 3.8) is 0 Å². The van der Waals surface area contributed by atoms with Crippen LogP contribution in [0.2, 0.25) is 0 Å². The summed E-state index contributed by atoms with van der Waals surface area (Å²) >= 11 is 0. The lowest BCUT2D eigenvalue weighted by Gasteiger charge is -2.40. The molecule has 9 heteroatoms. The highest BCUT2D eigenvalue weighted by Crippen LogP contribution is 2.31. The van der Waals surface area contributed by atoms with Crippen LogP contribution in [0.4, 0.5) is 0 Å². The van der Waals surface area contributed by atoms with Crippen LogP contribution in [-0.2, 0) is 14.8 Å². The van der Waals surface area contributed by atoms with Crippen molar-refractivity contribution in [3.05, 3.63) is 66.2 Å². The van der Waals surface area contributed by atoms with Gasteiger partial charge in [0, 0.05) is 43.0 Å². The van der Waals surface area contributed by atoms with Gasteiger partial charge in [0.25, 0.3) is 0 Å². The third kappa shape index (κ3) is 5.79. The van der Waals surface area contributed by atoms with Crippen LogP contribution >= 0.6 is 0 Å². The number of nitrogens with one attached hydrogen (secondary N) is 2. The number of piperazine rings is 1. The van der Waals surface area contributed by atoms with E-state index >= 15 is 0 Å². The molecule has 2 fully saturated rings. The Morgan fingerprint density at radius 3 is 2.62 bits per heavy atom. The standard InChI is InChI=1S/C28H34N4O4S/c1-2-36-27-15-10-22-18-24(13-14-25(22)30-27)37(34,35)31-23-11-8-21(9-12-23)28(33)32-17-16-29-19-26(32)20-6-4-3-5-7-20/h3-7,10,13-15,18,21,23,26,29,31H,2,8-9,11-12,16-17,19H2,1H3/t21-,23-,26-/m1/s1. The smallest absolute Gasteiger partial charge is 0.240 e. The van der Waals surface area contributed by atoms with Gasteiger partial charge >= 0.3 is 0 Å². The summed E-state index contributed by atoms with van der Waals surface area (Å²) < 4.78 is 34.6. The summed E-state index contributed by atoms with van der Waals surface area (Å²) in [5, 5.41) is 4.15. The molecule has 1 aliphatic carbocycles. The summed E-state index contributed by atoms with van der Waals surface area (Å²) in [7, 11) is -3.69. The molecule has 3 aromatic rings. The largest absolute Gasteiger partial charge is 0.478 e. The summed E-state index contributed by atoms with van der Waals surface area (Å²) in [6.45, 7) is 4.64. The van der Waals surface area contributed by atoms with Crippen molar-refractivity contribution in [2.75, 3.05) is 26.2 Å². The van der Waals surface area contributed by atoms with E-state index in [0.29, 0.717) is 50.2 Å². The fourth-order valence-corrected chi connectivity index (χ4v) is 6.74. The van der Waals surface area contributed by atoms with E-state index in [1.54, 1.807) is 24.3 Å². The molecule has 1 saturated heterocycles. The number of benzene rings is 2. The predicted molar refractivity (Wildman–Crippen MR) is 143 cm³/mol. The van der Waals surface area contributed by atoms with Crippen LogP contribution in [0.25, 0.3) is 10.9 Å². The van der Waals surface area contributed by atoms with Gasteiger partial charge in [-0.15, -0.1) is 0 Å². The number of nitrogens with zero attached hydrogens (tertiary/aromatic N) is 2. The minimum atomic E-state index is -3.69. The van der Waals surface area contributed by atoms with Crippen molar-refractivity contribution in [1.29, 1.82) is 0 Å². The summed E-state index contributed by atoms with van der Waals surface area (Å²) in [5.41, 5.74) is 1.83. The van der Waals surface area contributed by atoms with E-state index in [-0.39, 0.29) is 28.8 Å². The topological polar surface area (TPSA) is 101 Å². The monoisotopic (exact) mass is 522 g/mol. The zero-order chi connectivity index (χ0) is 25.8. The number of rotatable bonds is 7. The second-order valence-electron chi connectivity index (χ2n) is 9.77. The second-order valence-corrected chi connectivity index (χ2v) is 11.5. The molecule has 5 rings (SSSR count). The molecule has 196 valence electrons. The van der Waals surface area contributed by atoms with Gasteiger partial charge in [0.2, 0.25) is 21.8 Å². The Morgan fingerprint density at radius 2 is 1.86 bits per heavy atom. The second kappa shape index (κ2) is 11.2. The average Bonchev–Trinajstić information content (AvgIpc) is 2.93. The molecule has 1 aliphatic heterocycles. The lowest BCUT2D eigenvalue weighted by molar-refractivity contribution is -0.140.